The zero-order valence-corrected chi connectivity index (χ0v) is 7.80. The van der Waals surface area contributed by atoms with Crippen molar-refractivity contribution in [3.63, 3.8) is 0 Å². The summed E-state index contributed by atoms with van der Waals surface area (Å²) in [5.41, 5.74) is 2.19. The molecule has 0 aliphatic heterocycles. The van der Waals surface area contributed by atoms with Crippen molar-refractivity contribution in [1.29, 1.82) is 0 Å². The SMILES string of the molecule is NN.c1ccc(-c2ccccn2)cc1. The largest absolute Gasteiger partial charge is 0.274 e. The molecule has 1 aromatic heterocycles. The third-order valence-electron chi connectivity index (χ3n) is 1.73. The molecule has 0 saturated heterocycles. The first-order valence-electron chi connectivity index (χ1n) is 4.26. The fraction of sp³-hybridized carbons (Fsp3) is 0. The van der Waals surface area contributed by atoms with E-state index in [4.69, 9.17) is 0 Å². The Morgan fingerprint density at radius 3 is 2.00 bits per heavy atom. The molecule has 0 unspecified atom stereocenters. The molecule has 1 aromatic carbocycles. The standard InChI is InChI=1S/C11H9N.H4N2/c1-2-6-10(7-3-1)11-8-4-5-9-12-11;1-2/h1-9H;1-2H2. The second kappa shape index (κ2) is 5.85. The number of nitrogens with zero attached hydrogens (tertiary/aromatic N) is 1. The lowest BCUT2D eigenvalue weighted by Crippen LogP contribution is -2.02. The van der Waals surface area contributed by atoms with E-state index in [9.17, 15) is 0 Å². The van der Waals surface area contributed by atoms with E-state index in [2.05, 4.69) is 28.8 Å². The van der Waals surface area contributed by atoms with Crippen LogP contribution >= 0.6 is 0 Å². The topological polar surface area (TPSA) is 64.9 Å². The number of rotatable bonds is 1. The van der Waals surface area contributed by atoms with Gasteiger partial charge in [0, 0.05) is 11.8 Å². The van der Waals surface area contributed by atoms with E-state index in [1.54, 1.807) is 0 Å². The molecule has 14 heavy (non-hydrogen) atoms. The maximum absolute atomic E-state index is 4.25. The van der Waals surface area contributed by atoms with Crippen molar-refractivity contribution >= 4 is 0 Å². The van der Waals surface area contributed by atoms with E-state index < -0.39 is 0 Å². The minimum atomic E-state index is 1.03. The van der Waals surface area contributed by atoms with Gasteiger partial charge in [-0.2, -0.15) is 0 Å². The molecule has 0 aliphatic rings. The number of benzene rings is 1. The maximum atomic E-state index is 4.25. The van der Waals surface area contributed by atoms with Crippen molar-refractivity contribution in [2.24, 2.45) is 11.7 Å². The summed E-state index contributed by atoms with van der Waals surface area (Å²) in [5.74, 6) is 8.00. The summed E-state index contributed by atoms with van der Waals surface area (Å²) in [7, 11) is 0. The zero-order chi connectivity index (χ0) is 10.2. The molecule has 0 radical (unpaired) electrons. The first kappa shape index (κ1) is 10.4. The maximum Gasteiger partial charge on any atom is 0.0701 e. The lowest BCUT2D eigenvalue weighted by molar-refractivity contribution is 1.26. The predicted molar refractivity (Wildman–Crippen MR) is 58.0 cm³/mol. The van der Waals surface area contributed by atoms with Gasteiger partial charge in [0.2, 0.25) is 0 Å². The quantitative estimate of drug-likeness (QED) is 0.526. The molecule has 2 rings (SSSR count). The normalized spacial score (nSPS) is 8.71. The highest BCUT2D eigenvalue weighted by atomic mass is 15.0. The van der Waals surface area contributed by atoms with Gasteiger partial charge in [-0.05, 0) is 12.1 Å². The van der Waals surface area contributed by atoms with Crippen LogP contribution in [-0.2, 0) is 0 Å². The number of aromatic nitrogens is 1. The summed E-state index contributed by atoms with van der Waals surface area (Å²) in [5, 5.41) is 0. The summed E-state index contributed by atoms with van der Waals surface area (Å²) >= 11 is 0. The van der Waals surface area contributed by atoms with Gasteiger partial charge in [-0.3, -0.25) is 16.7 Å². The van der Waals surface area contributed by atoms with Crippen LogP contribution in [0.3, 0.4) is 0 Å². The molecule has 0 atom stereocenters. The van der Waals surface area contributed by atoms with Gasteiger partial charge in [-0.15, -0.1) is 0 Å². The third kappa shape index (κ3) is 2.65. The number of hydrazine groups is 1. The highest BCUT2D eigenvalue weighted by Gasteiger charge is 1.93. The van der Waals surface area contributed by atoms with Crippen LogP contribution in [0.25, 0.3) is 11.3 Å². The van der Waals surface area contributed by atoms with Crippen molar-refractivity contribution < 1.29 is 0 Å². The zero-order valence-electron chi connectivity index (χ0n) is 7.80. The molecule has 4 N–H and O–H groups in total. The molecule has 1 heterocycles. The Balaban J connectivity index is 0.000000461. The lowest BCUT2D eigenvalue weighted by Gasteiger charge is -1.97. The molecule has 0 amide bonds. The fourth-order valence-corrected chi connectivity index (χ4v) is 1.14. The highest BCUT2D eigenvalue weighted by molar-refractivity contribution is 5.58. The van der Waals surface area contributed by atoms with Gasteiger partial charge in [0.05, 0.1) is 5.69 Å². The van der Waals surface area contributed by atoms with Crippen LogP contribution in [0.2, 0.25) is 0 Å². The van der Waals surface area contributed by atoms with E-state index in [0.717, 1.165) is 11.3 Å². The number of nitrogens with two attached hydrogens (primary N) is 2. The smallest absolute Gasteiger partial charge is 0.0701 e. The average Bonchev–Trinajstić information content (AvgIpc) is 2.34. The van der Waals surface area contributed by atoms with Gasteiger partial charge in [-0.1, -0.05) is 36.4 Å². The monoisotopic (exact) mass is 187 g/mol. The fourth-order valence-electron chi connectivity index (χ4n) is 1.14. The van der Waals surface area contributed by atoms with E-state index >= 15 is 0 Å². The second-order valence-corrected chi connectivity index (χ2v) is 2.58. The molecule has 0 spiro atoms. The van der Waals surface area contributed by atoms with E-state index in [-0.39, 0.29) is 0 Å². The summed E-state index contributed by atoms with van der Waals surface area (Å²) in [6.07, 6.45) is 1.81. The average molecular weight is 187 g/mol. The van der Waals surface area contributed by atoms with Crippen molar-refractivity contribution in [2.45, 2.75) is 0 Å². The molecular weight excluding hydrogens is 174 g/mol. The summed E-state index contributed by atoms with van der Waals surface area (Å²) in [4.78, 5) is 4.25. The highest BCUT2D eigenvalue weighted by Crippen LogP contribution is 2.14. The molecule has 0 saturated carbocycles. The van der Waals surface area contributed by atoms with E-state index in [0.29, 0.717) is 0 Å². The Labute approximate surface area is 83.4 Å². The van der Waals surface area contributed by atoms with Gasteiger partial charge in [0.15, 0.2) is 0 Å². The van der Waals surface area contributed by atoms with Crippen molar-refractivity contribution in [1.82, 2.24) is 4.98 Å². The van der Waals surface area contributed by atoms with Crippen LogP contribution in [0.4, 0.5) is 0 Å². The van der Waals surface area contributed by atoms with Crippen molar-refractivity contribution in [3.05, 3.63) is 54.7 Å². The number of pyridine rings is 1. The Hall–Kier alpha value is -1.71. The van der Waals surface area contributed by atoms with Gasteiger partial charge < -0.3 is 0 Å². The summed E-state index contributed by atoms with van der Waals surface area (Å²) in [6, 6.07) is 16.1. The van der Waals surface area contributed by atoms with Crippen molar-refractivity contribution in [2.75, 3.05) is 0 Å². The molecule has 3 nitrogen and oxygen atoms in total. The van der Waals surface area contributed by atoms with Crippen LogP contribution in [0.5, 0.6) is 0 Å². The van der Waals surface area contributed by atoms with E-state index in [1.165, 1.54) is 0 Å². The van der Waals surface area contributed by atoms with E-state index in [1.807, 2.05) is 42.6 Å². The van der Waals surface area contributed by atoms with Gasteiger partial charge in [0.25, 0.3) is 0 Å². The number of hydrogen-bond donors (Lipinski definition) is 2. The first-order valence-corrected chi connectivity index (χ1v) is 4.26. The van der Waals surface area contributed by atoms with Gasteiger partial charge in [0.1, 0.15) is 0 Å². The number of hydrogen-bond acceptors (Lipinski definition) is 3. The molecular formula is C11H13N3. The molecule has 0 fully saturated rings. The lowest BCUT2D eigenvalue weighted by atomic mass is 10.1. The Bertz CT molecular complexity index is 308. The molecule has 0 aliphatic carbocycles. The Kier molecular flexibility index (Phi) is 4.34. The summed E-state index contributed by atoms with van der Waals surface area (Å²) < 4.78 is 0. The molecule has 0 bridgehead atoms. The second-order valence-electron chi connectivity index (χ2n) is 2.58. The van der Waals surface area contributed by atoms with Crippen molar-refractivity contribution in [3.8, 4) is 11.3 Å². The first-order chi connectivity index (χ1) is 6.97. The third-order valence-corrected chi connectivity index (χ3v) is 1.73. The predicted octanol–water partition coefficient (Wildman–Crippen LogP) is 1.57. The van der Waals surface area contributed by atoms with Crippen LogP contribution < -0.4 is 11.7 Å². The minimum Gasteiger partial charge on any atom is -0.274 e. The van der Waals surface area contributed by atoms with Crippen LogP contribution in [0, 0.1) is 0 Å². The van der Waals surface area contributed by atoms with Gasteiger partial charge >= 0.3 is 0 Å². The summed E-state index contributed by atoms with van der Waals surface area (Å²) in [6.45, 7) is 0. The van der Waals surface area contributed by atoms with Crippen LogP contribution in [0.1, 0.15) is 0 Å². The van der Waals surface area contributed by atoms with Crippen LogP contribution in [-0.4, -0.2) is 4.98 Å². The Morgan fingerprint density at radius 2 is 1.43 bits per heavy atom. The molecule has 72 valence electrons. The van der Waals surface area contributed by atoms with Crippen LogP contribution in [0.15, 0.2) is 54.7 Å². The molecule has 2 aromatic rings. The van der Waals surface area contributed by atoms with Gasteiger partial charge in [-0.25, -0.2) is 0 Å². The molecule has 3 heteroatoms. The Morgan fingerprint density at radius 1 is 0.786 bits per heavy atom. The minimum absolute atomic E-state index is 1.03.